The highest BCUT2D eigenvalue weighted by atomic mass is 35.5. The Bertz CT molecular complexity index is 456. The van der Waals surface area contributed by atoms with E-state index in [4.69, 9.17) is 23.2 Å². The second-order valence-electron chi connectivity index (χ2n) is 3.10. The molecular weight excluding hydrogens is 254 g/mol. The zero-order valence-electron chi connectivity index (χ0n) is 8.68. The summed E-state index contributed by atoms with van der Waals surface area (Å²) in [5, 5.41) is 0.226. The number of esters is 1. The number of benzene rings is 1. The molecule has 0 heterocycles. The fourth-order valence-electron chi connectivity index (χ4n) is 1.14. The molecule has 16 heavy (non-hydrogen) atoms. The van der Waals surface area contributed by atoms with E-state index in [0.29, 0.717) is 11.1 Å². The van der Waals surface area contributed by atoms with Gasteiger partial charge in [-0.15, -0.1) is 0 Å². The Hall–Kier alpha value is -1.06. The Balaban J connectivity index is 3.18. The molecule has 0 unspecified atom stereocenters. The van der Waals surface area contributed by atoms with Gasteiger partial charge in [-0.25, -0.2) is 9.18 Å². The molecule has 86 valence electrons. The maximum Gasteiger partial charge on any atom is 0.330 e. The van der Waals surface area contributed by atoms with Gasteiger partial charge in [-0.1, -0.05) is 23.2 Å². The summed E-state index contributed by atoms with van der Waals surface area (Å²) in [6.45, 7) is 1.63. The second kappa shape index (κ2) is 5.32. The van der Waals surface area contributed by atoms with Gasteiger partial charge in [0.1, 0.15) is 5.82 Å². The summed E-state index contributed by atoms with van der Waals surface area (Å²) in [5.41, 5.74) is 0.918. The summed E-state index contributed by atoms with van der Waals surface area (Å²) < 4.78 is 17.7. The van der Waals surface area contributed by atoms with Crippen LogP contribution in [0, 0.1) is 5.82 Å². The molecule has 0 saturated heterocycles. The first-order valence-corrected chi connectivity index (χ1v) is 5.12. The van der Waals surface area contributed by atoms with E-state index < -0.39 is 11.8 Å². The number of ether oxygens (including phenoxy) is 1. The zero-order chi connectivity index (χ0) is 12.3. The van der Waals surface area contributed by atoms with Crippen LogP contribution >= 0.6 is 23.2 Å². The van der Waals surface area contributed by atoms with Crippen LogP contribution in [0.4, 0.5) is 4.39 Å². The van der Waals surface area contributed by atoms with Crippen molar-refractivity contribution in [2.75, 3.05) is 7.11 Å². The maximum absolute atomic E-state index is 13.2. The SMILES string of the molecule is COC(=O)/C=C(/C)c1cc(F)c(Cl)cc1Cl. The molecule has 0 amide bonds. The average Bonchev–Trinajstić information content (AvgIpc) is 2.23. The first-order chi connectivity index (χ1) is 7.45. The predicted octanol–water partition coefficient (Wildman–Crippen LogP) is 3.71. The Morgan fingerprint density at radius 2 is 2.00 bits per heavy atom. The molecule has 2 nitrogen and oxygen atoms in total. The summed E-state index contributed by atoms with van der Waals surface area (Å²) in [7, 11) is 1.26. The lowest BCUT2D eigenvalue weighted by Gasteiger charge is -2.05. The molecule has 1 aromatic rings. The number of allylic oxidation sites excluding steroid dienone is 1. The maximum atomic E-state index is 13.2. The summed E-state index contributed by atoms with van der Waals surface area (Å²) in [6, 6.07) is 2.47. The van der Waals surface area contributed by atoms with Gasteiger partial charge in [-0.05, 0) is 30.2 Å². The smallest absolute Gasteiger partial charge is 0.330 e. The van der Waals surface area contributed by atoms with Gasteiger partial charge < -0.3 is 4.74 Å². The number of rotatable bonds is 2. The van der Waals surface area contributed by atoms with Crippen LogP contribution in [-0.4, -0.2) is 13.1 Å². The van der Waals surface area contributed by atoms with E-state index in [1.54, 1.807) is 6.92 Å². The van der Waals surface area contributed by atoms with Gasteiger partial charge in [0.2, 0.25) is 0 Å². The molecule has 0 atom stereocenters. The highest BCUT2D eigenvalue weighted by molar-refractivity contribution is 6.35. The van der Waals surface area contributed by atoms with E-state index in [-0.39, 0.29) is 10.0 Å². The van der Waals surface area contributed by atoms with E-state index in [0.717, 1.165) is 0 Å². The van der Waals surface area contributed by atoms with Crippen LogP contribution in [0.15, 0.2) is 18.2 Å². The van der Waals surface area contributed by atoms with E-state index in [9.17, 15) is 9.18 Å². The molecule has 0 fully saturated rings. The van der Waals surface area contributed by atoms with Crippen molar-refractivity contribution in [3.63, 3.8) is 0 Å². The summed E-state index contributed by atoms with van der Waals surface area (Å²) in [6.07, 6.45) is 1.23. The molecular formula is C11H9Cl2FO2. The molecule has 0 aromatic heterocycles. The van der Waals surface area contributed by atoms with Gasteiger partial charge in [0.15, 0.2) is 0 Å². The second-order valence-corrected chi connectivity index (χ2v) is 3.91. The molecule has 1 aromatic carbocycles. The number of methoxy groups -OCH3 is 1. The first kappa shape index (κ1) is 13.0. The number of carbonyl (C=O) groups excluding carboxylic acids is 1. The third kappa shape index (κ3) is 2.97. The highest BCUT2D eigenvalue weighted by Gasteiger charge is 2.09. The highest BCUT2D eigenvalue weighted by Crippen LogP contribution is 2.29. The Morgan fingerprint density at radius 3 is 2.56 bits per heavy atom. The van der Waals surface area contributed by atoms with Crippen molar-refractivity contribution >= 4 is 34.7 Å². The van der Waals surface area contributed by atoms with Crippen LogP contribution in [0.5, 0.6) is 0 Å². The molecule has 0 spiro atoms. The molecule has 5 heteroatoms. The number of carbonyl (C=O) groups is 1. The van der Waals surface area contributed by atoms with Gasteiger partial charge >= 0.3 is 5.97 Å². The lowest BCUT2D eigenvalue weighted by atomic mass is 10.1. The minimum absolute atomic E-state index is 0.0559. The summed E-state index contributed by atoms with van der Waals surface area (Å²) in [4.78, 5) is 11.0. The molecule has 0 radical (unpaired) electrons. The van der Waals surface area contributed by atoms with Gasteiger partial charge in [0.25, 0.3) is 0 Å². The molecule has 1 rings (SSSR count). The lowest BCUT2D eigenvalue weighted by Crippen LogP contribution is -1.96. The minimum Gasteiger partial charge on any atom is -0.466 e. The summed E-state index contributed by atoms with van der Waals surface area (Å²) in [5.74, 6) is -1.11. The number of hydrogen-bond donors (Lipinski definition) is 0. The van der Waals surface area contributed by atoms with Crippen molar-refractivity contribution in [3.8, 4) is 0 Å². The molecule has 0 saturated carbocycles. The van der Waals surface area contributed by atoms with Crippen LogP contribution in [0.25, 0.3) is 5.57 Å². The van der Waals surface area contributed by atoms with Gasteiger partial charge in [-0.3, -0.25) is 0 Å². The quantitative estimate of drug-likeness (QED) is 0.462. The van der Waals surface area contributed by atoms with Crippen LogP contribution in [0.3, 0.4) is 0 Å². The van der Waals surface area contributed by atoms with E-state index in [1.165, 1.54) is 25.3 Å². The molecule has 0 aliphatic carbocycles. The number of halogens is 3. The third-order valence-electron chi connectivity index (χ3n) is 1.97. The summed E-state index contributed by atoms with van der Waals surface area (Å²) >= 11 is 11.4. The van der Waals surface area contributed by atoms with Crippen LogP contribution in [0.1, 0.15) is 12.5 Å². The lowest BCUT2D eigenvalue weighted by molar-refractivity contribution is -0.134. The van der Waals surface area contributed by atoms with Crippen molar-refractivity contribution < 1.29 is 13.9 Å². The molecule has 0 aliphatic heterocycles. The largest absolute Gasteiger partial charge is 0.466 e. The standard InChI is InChI=1S/C11H9Cl2FO2/c1-6(3-11(15)16-2)7-4-10(14)9(13)5-8(7)12/h3-5H,1-2H3/b6-3-. The van der Waals surface area contributed by atoms with Gasteiger partial charge in [0.05, 0.1) is 12.1 Å². The van der Waals surface area contributed by atoms with Crippen molar-refractivity contribution in [2.45, 2.75) is 6.92 Å². The monoisotopic (exact) mass is 262 g/mol. The van der Waals surface area contributed by atoms with E-state index in [2.05, 4.69) is 4.74 Å². The Morgan fingerprint density at radius 1 is 1.38 bits per heavy atom. The fourth-order valence-corrected chi connectivity index (χ4v) is 1.67. The van der Waals surface area contributed by atoms with Crippen molar-refractivity contribution in [1.82, 2.24) is 0 Å². The zero-order valence-corrected chi connectivity index (χ0v) is 10.2. The molecule has 0 bridgehead atoms. The Labute approximate surface area is 103 Å². The molecule has 0 aliphatic rings. The Kier molecular flexibility index (Phi) is 4.33. The van der Waals surface area contributed by atoms with Crippen LogP contribution in [-0.2, 0) is 9.53 Å². The van der Waals surface area contributed by atoms with Crippen molar-refractivity contribution in [3.05, 3.63) is 39.6 Å². The minimum atomic E-state index is -0.585. The number of hydrogen-bond acceptors (Lipinski definition) is 2. The van der Waals surface area contributed by atoms with Gasteiger partial charge in [0, 0.05) is 11.1 Å². The normalized spacial score (nSPS) is 11.4. The van der Waals surface area contributed by atoms with Crippen LogP contribution in [0.2, 0.25) is 10.0 Å². The third-order valence-corrected chi connectivity index (χ3v) is 2.57. The molecule has 0 N–H and O–H groups in total. The first-order valence-electron chi connectivity index (χ1n) is 4.37. The average molecular weight is 263 g/mol. The van der Waals surface area contributed by atoms with Gasteiger partial charge in [-0.2, -0.15) is 0 Å². The van der Waals surface area contributed by atoms with E-state index >= 15 is 0 Å². The fraction of sp³-hybridized carbons (Fsp3) is 0.182. The van der Waals surface area contributed by atoms with Crippen LogP contribution < -0.4 is 0 Å². The van der Waals surface area contributed by atoms with E-state index in [1.807, 2.05) is 0 Å². The topological polar surface area (TPSA) is 26.3 Å². The van der Waals surface area contributed by atoms with Crippen molar-refractivity contribution in [2.24, 2.45) is 0 Å². The van der Waals surface area contributed by atoms with Crippen molar-refractivity contribution in [1.29, 1.82) is 0 Å². The predicted molar refractivity (Wildman–Crippen MR) is 62.1 cm³/mol.